The number of aromatic nitrogens is 5. The van der Waals surface area contributed by atoms with Crippen LogP contribution in [0.1, 0.15) is 5.56 Å². The van der Waals surface area contributed by atoms with Crippen molar-refractivity contribution >= 4 is 23.4 Å². The number of methoxy groups -OCH3 is 1. The van der Waals surface area contributed by atoms with Crippen molar-refractivity contribution in [3.8, 4) is 28.4 Å². The molecule has 1 N–H and O–H groups in total. The highest BCUT2D eigenvalue weighted by molar-refractivity contribution is 7.99. The van der Waals surface area contributed by atoms with Crippen LogP contribution in [0.3, 0.4) is 0 Å². The molecule has 0 aliphatic carbocycles. The summed E-state index contributed by atoms with van der Waals surface area (Å²) in [6.45, 7) is 1.67. The summed E-state index contributed by atoms with van der Waals surface area (Å²) < 4.78 is 22.6. The number of nitrogens with zero attached hydrogens (tertiary/aromatic N) is 5. The van der Waals surface area contributed by atoms with Crippen molar-refractivity contribution in [3.63, 3.8) is 0 Å². The maximum Gasteiger partial charge on any atom is 0.234 e. The zero-order chi connectivity index (χ0) is 23.5. The Kier molecular flexibility index (Phi) is 6.45. The zero-order valence-electron chi connectivity index (χ0n) is 18.7. The quantitative estimate of drug-likeness (QED) is 0.413. The monoisotopic (exact) mass is 466 g/mol. The number of carbonyl (C=O) groups is 1. The Bertz CT molecular complexity index is 1320. The zero-order valence-corrected chi connectivity index (χ0v) is 19.5. The molecule has 33 heavy (non-hydrogen) atoms. The van der Waals surface area contributed by atoms with Gasteiger partial charge in [0.2, 0.25) is 5.91 Å². The predicted octanol–water partition coefficient (Wildman–Crippen LogP) is 4.07. The Balaban J connectivity index is 1.51. The second kappa shape index (κ2) is 9.45. The van der Waals surface area contributed by atoms with E-state index in [0.717, 1.165) is 22.6 Å². The van der Waals surface area contributed by atoms with Gasteiger partial charge in [0.05, 0.1) is 18.4 Å². The number of halogens is 1. The molecule has 4 rings (SSSR count). The number of nitrogens with one attached hydrogen (secondary N) is 1. The SMILES string of the molecule is COc1cccc(-c2nn(C)cc2-c2nnc(SCC(=O)Nc3ccc(C)c(F)c3)n2C)c1. The molecule has 0 saturated carbocycles. The van der Waals surface area contributed by atoms with Gasteiger partial charge in [-0.2, -0.15) is 5.10 Å². The van der Waals surface area contributed by atoms with E-state index in [0.29, 0.717) is 22.2 Å². The topological polar surface area (TPSA) is 86.9 Å². The predicted molar refractivity (Wildman–Crippen MR) is 126 cm³/mol. The molecule has 8 nitrogen and oxygen atoms in total. The summed E-state index contributed by atoms with van der Waals surface area (Å²) in [6, 6.07) is 12.3. The van der Waals surface area contributed by atoms with Crippen molar-refractivity contribution in [1.82, 2.24) is 24.5 Å². The lowest BCUT2D eigenvalue weighted by Crippen LogP contribution is -2.14. The van der Waals surface area contributed by atoms with Crippen molar-refractivity contribution in [2.75, 3.05) is 18.2 Å². The van der Waals surface area contributed by atoms with Crippen molar-refractivity contribution in [2.24, 2.45) is 14.1 Å². The fourth-order valence-corrected chi connectivity index (χ4v) is 4.02. The van der Waals surface area contributed by atoms with E-state index in [9.17, 15) is 9.18 Å². The van der Waals surface area contributed by atoms with Crippen molar-refractivity contribution in [2.45, 2.75) is 12.1 Å². The normalized spacial score (nSPS) is 10.9. The van der Waals surface area contributed by atoms with Crippen LogP contribution in [-0.2, 0) is 18.9 Å². The summed E-state index contributed by atoms with van der Waals surface area (Å²) in [7, 11) is 5.31. The molecule has 0 spiro atoms. The minimum Gasteiger partial charge on any atom is -0.497 e. The van der Waals surface area contributed by atoms with Crippen molar-refractivity contribution in [3.05, 3.63) is 60.0 Å². The fraction of sp³-hybridized carbons (Fsp3) is 0.217. The van der Waals surface area contributed by atoms with Crippen LogP contribution in [0.15, 0.2) is 53.8 Å². The number of benzene rings is 2. The summed E-state index contributed by atoms with van der Waals surface area (Å²) in [6.07, 6.45) is 1.88. The van der Waals surface area contributed by atoms with Crippen LogP contribution in [0.5, 0.6) is 5.75 Å². The lowest BCUT2D eigenvalue weighted by atomic mass is 10.1. The third-order valence-corrected chi connectivity index (χ3v) is 6.06. The van der Waals surface area contributed by atoms with Gasteiger partial charge in [-0.3, -0.25) is 9.48 Å². The molecule has 0 fully saturated rings. The molecule has 4 aromatic rings. The van der Waals surface area contributed by atoms with Crippen molar-refractivity contribution < 1.29 is 13.9 Å². The Morgan fingerprint density at radius 3 is 2.76 bits per heavy atom. The van der Waals surface area contributed by atoms with Crippen LogP contribution >= 0.6 is 11.8 Å². The van der Waals surface area contributed by atoms with Gasteiger partial charge < -0.3 is 14.6 Å². The molecule has 0 saturated heterocycles. The molecular weight excluding hydrogens is 443 g/mol. The van der Waals surface area contributed by atoms with Gasteiger partial charge in [-0.15, -0.1) is 10.2 Å². The molecule has 2 aromatic heterocycles. The standard InChI is InChI=1S/C23H23FN6O2S/c1-14-8-9-16(11-19(14)24)25-20(31)13-33-23-27-26-22(30(23)3)18-12-29(2)28-21(18)15-6-5-7-17(10-15)32-4/h5-12H,13H2,1-4H3,(H,25,31). The number of rotatable bonds is 7. The third kappa shape index (κ3) is 4.90. The summed E-state index contributed by atoms with van der Waals surface area (Å²) >= 11 is 1.25. The number of carbonyl (C=O) groups excluding carboxylic acids is 1. The van der Waals surface area contributed by atoms with Gasteiger partial charge in [0.15, 0.2) is 11.0 Å². The van der Waals surface area contributed by atoms with Crippen LogP contribution in [0.2, 0.25) is 0 Å². The van der Waals surface area contributed by atoms with E-state index in [1.807, 2.05) is 49.1 Å². The van der Waals surface area contributed by atoms with Crippen LogP contribution in [0.4, 0.5) is 10.1 Å². The summed E-state index contributed by atoms with van der Waals surface area (Å²) in [4.78, 5) is 12.3. The summed E-state index contributed by atoms with van der Waals surface area (Å²) in [5, 5.41) is 16.5. The molecule has 2 aromatic carbocycles. The van der Waals surface area contributed by atoms with Crippen LogP contribution in [0, 0.1) is 12.7 Å². The fourth-order valence-electron chi connectivity index (χ4n) is 3.31. The number of thioether (sulfide) groups is 1. The van der Waals surface area contributed by atoms with E-state index in [1.165, 1.54) is 17.8 Å². The molecular formula is C23H23FN6O2S. The number of hydrogen-bond acceptors (Lipinski definition) is 6. The first-order chi connectivity index (χ1) is 15.9. The molecule has 0 radical (unpaired) electrons. The van der Waals surface area contributed by atoms with Gasteiger partial charge in [-0.1, -0.05) is 30.0 Å². The average molecular weight is 467 g/mol. The largest absolute Gasteiger partial charge is 0.497 e. The van der Waals surface area contributed by atoms with Crippen molar-refractivity contribution in [1.29, 1.82) is 0 Å². The lowest BCUT2D eigenvalue weighted by Gasteiger charge is -2.07. The van der Waals surface area contributed by atoms with E-state index < -0.39 is 0 Å². The maximum atomic E-state index is 13.7. The second-order valence-corrected chi connectivity index (χ2v) is 8.41. The van der Waals surface area contributed by atoms with E-state index in [2.05, 4.69) is 20.6 Å². The summed E-state index contributed by atoms with van der Waals surface area (Å²) in [5.41, 5.74) is 3.40. The minimum absolute atomic E-state index is 0.108. The average Bonchev–Trinajstić information content (AvgIpc) is 3.36. The molecule has 0 aliphatic heterocycles. The molecule has 0 unspecified atom stereocenters. The van der Waals surface area contributed by atoms with Crippen LogP contribution < -0.4 is 10.1 Å². The van der Waals surface area contributed by atoms with Crippen LogP contribution in [-0.4, -0.2) is 43.3 Å². The molecule has 0 atom stereocenters. The highest BCUT2D eigenvalue weighted by Gasteiger charge is 2.20. The van der Waals surface area contributed by atoms with Gasteiger partial charge in [0.25, 0.3) is 0 Å². The van der Waals surface area contributed by atoms with Gasteiger partial charge in [0, 0.05) is 31.5 Å². The minimum atomic E-state index is -0.360. The van der Waals surface area contributed by atoms with E-state index in [-0.39, 0.29) is 17.5 Å². The number of amides is 1. The Morgan fingerprint density at radius 1 is 1.18 bits per heavy atom. The highest BCUT2D eigenvalue weighted by atomic mass is 32.2. The molecule has 10 heteroatoms. The van der Waals surface area contributed by atoms with Gasteiger partial charge in [-0.05, 0) is 36.8 Å². The van der Waals surface area contributed by atoms with E-state index in [1.54, 1.807) is 30.8 Å². The second-order valence-electron chi connectivity index (χ2n) is 7.46. The molecule has 0 aliphatic rings. The number of ether oxygens (including phenoxy) is 1. The molecule has 170 valence electrons. The summed E-state index contributed by atoms with van der Waals surface area (Å²) in [5.74, 6) is 0.854. The smallest absolute Gasteiger partial charge is 0.234 e. The Morgan fingerprint density at radius 2 is 2.00 bits per heavy atom. The van der Waals surface area contributed by atoms with Crippen LogP contribution in [0.25, 0.3) is 22.6 Å². The maximum absolute atomic E-state index is 13.7. The van der Waals surface area contributed by atoms with E-state index >= 15 is 0 Å². The third-order valence-electron chi connectivity index (χ3n) is 5.04. The van der Waals surface area contributed by atoms with Gasteiger partial charge in [0.1, 0.15) is 17.3 Å². The lowest BCUT2D eigenvalue weighted by molar-refractivity contribution is -0.113. The molecule has 2 heterocycles. The molecule has 0 bridgehead atoms. The van der Waals surface area contributed by atoms with E-state index in [4.69, 9.17) is 4.74 Å². The Labute approximate surface area is 194 Å². The first-order valence-corrected chi connectivity index (χ1v) is 11.1. The number of aryl methyl sites for hydroxylation is 2. The first kappa shape index (κ1) is 22.5. The number of hydrogen-bond donors (Lipinski definition) is 1. The van der Waals surface area contributed by atoms with Gasteiger partial charge in [-0.25, -0.2) is 4.39 Å². The molecule has 1 amide bonds. The van der Waals surface area contributed by atoms with Gasteiger partial charge >= 0.3 is 0 Å². The number of anilines is 1. The first-order valence-electron chi connectivity index (χ1n) is 10.1. The Hall–Kier alpha value is -3.66. The highest BCUT2D eigenvalue weighted by Crippen LogP contribution is 2.32.